The van der Waals surface area contributed by atoms with E-state index in [1.165, 1.54) is 0 Å². The molecular weight excluding hydrogens is 246 g/mol. The highest BCUT2D eigenvalue weighted by atomic mass is 16.6. The predicted molar refractivity (Wildman–Crippen MR) is 74.0 cm³/mol. The Morgan fingerprint density at radius 1 is 1.26 bits per heavy atom. The van der Waals surface area contributed by atoms with Gasteiger partial charge in [-0.3, -0.25) is 5.32 Å². The second kappa shape index (κ2) is 6.31. The highest BCUT2D eigenvalue weighted by molar-refractivity contribution is 5.85. The maximum atomic E-state index is 11.6. The monoisotopic (exact) mass is 267 g/mol. The molecule has 0 saturated carbocycles. The maximum absolute atomic E-state index is 11.6. The molecule has 0 aliphatic heterocycles. The molecule has 1 amide bonds. The number of rotatable bonds is 4. The first kappa shape index (κ1) is 15.1. The Morgan fingerprint density at radius 3 is 2.47 bits per heavy atom. The normalized spacial score (nSPS) is 10.8. The lowest BCUT2D eigenvalue weighted by Crippen LogP contribution is -2.27. The summed E-state index contributed by atoms with van der Waals surface area (Å²) < 4.78 is 15.8. The van der Waals surface area contributed by atoms with E-state index < -0.39 is 11.7 Å². The van der Waals surface area contributed by atoms with E-state index in [4.69, 9.17) is 14.2 Å². The first-order valence-electron chi connectivity index (χ1n) is 6.16. The molecule has 5 heteroatoms. The number of carbonyl (C=O) groups excluding carboxylic acids is 1. The van der Waals surface area contributed by atoms with Crippen molar-refractivity contribution < 1.29 is 19.0 Å². The SMILES string of the molecule is CCOc1cc(NC(=O)OC(C)(C)C)ccc1OC. The van der Waals surface area contributed by atoms with Crippen molar-refractivity contribution >= 4 is 11.8 Å². The molecule has 5 nitrogen and oxygen atoms in total. The fourth-order valence-electron chi connectivity index (χ4n) is 1.44. The van der Waals surface area contributed by atoms with E-state index in [1.54, 1.807) is 25.3 Å². The lowest BCUT2D eigenvalue weighted by atomic mass is 10.2. The van der Waals surface area contributed by atoms with Crippen LogP contribution in [0.3, 0.4) is 0 Å². The molecule has 0 saturated heterocycles. The lowest BCUT2D eigenvalue weighted by molar-refractivity contribution is 0.0636. The Labute approximate surface area is 113 Å². The zero-order chi connectivity index (χ0) is 14.5. The van der Waals surface area contributed by atoms with Gasteiger partial charge < -0.3 is 14.2 Å². The van der Waals surface area contributed by atoms with Gasteiger partial charge in [-0.2, -0.15) is 0 Å². The third-order valence-electron chi connectivity index (χ3n) is 2.11. The number of hydrogen-bond acceptors (Lipinski definition) is 4. The lowest BCUT2D eigenvalue weighted by Gasteiger charge is -2.20. The summed E-state index contributed by atoms with van der Waals surface area (Å²) in [5.74, 6) is 1.20. The van der Waals surface area contributed by atoms with Gasteiger partial charge in [0.25, 0.3) is 0 Å². The van der Waals surface area contributed by atoms with Crippen molar-refractivity contribution in [3.8, 4) is 11.5 Å². The first-order chi connectivity index (χ1) is 8.85. The van der Waals surface area contributed by atoms with Crippen molar-refractivity contribution in [3.05, 3.63) is 18.2 Å². The van der Waals surface area contributed by atoms with Gasteiger partial charge >= 0.3 is 6.09 Å². The number of carbonyl (C=O) groups is 1. The zero-order valence-corrected chi connectivity index (χ0v) is 12.1. The van der Waals surface area contributed by atoms with E-state index in [2.05, 4.69) is 5.32 Å². The Bertz CT molecular complexity index is 438. The molecule has 0 fully saturated rings. The van der Waals surface area contributed by atoms with Gasteiger partial charge in [0, 0.05) is 11.8 Å². The fraction of sp³-hybridized carbons (Fsp3) is 0.500. The highest BCUT2D eigenvalue weighted by Crippen LogP contribution is 2.30. The Hall–Kier alpha value is -1.91. The highest BCUT2D eigenvalue weighted by Gasteiger charge is 2.16. The summed E-state index contributed by atoms with van der Waals surface area (Å²) in [4.78, 5) is 11.6. The van der Waals surface area contributed by atoms with Crippen LogP contribution in [0.1, 0.15) is 27.7 Å². The number of methoxy groups -OCH3 is 1. The van der Waals surface area contributed by atoms with Crippen LogP contribution < -0.4 is 14.8 Å². The number of anilines is 1. The maximum Gasteiger partial charge on any atom is 0.412 e. The number of ether oxygens (including phenoxy) is 3. The topological polar surface area (TPSA) is 56.8 Å². The van der Waals surface area contributed by atoms with Gasteiger partial charge in [-0.25, -0.2) is 4.79 Å². The summed E-state index contributed by atoms with van der Waals surface area (Å²) in [6, 6.07) is 5.16. The summed E-state index contributed by atoms with van der Waals surface area (Å²) in [6.45, 7) is 7.84. The molecule has 0 atom stereocenters. The van der Waals surface area contributed by atoms with E-state index in [1.807, 2.05) is 27.7 Å². The molecule has 0 aliphatic carbocycles. The van der Waals surface area contributed by atoms with Crippen LogP contribution in [-0.2, 0) is 4.74 Å². The van der Waals surface area contributed by atoms with E-state index >= 15 is 0 Å². The predicted octanol–water partition coefficient (Wildman–Crippen LogP) is 3.44. The molecule has 0 radical (unpaired) electrons. The zero-order valence-electron chi connectivity index (χ0n) is 12.1. The van der Waals surface area contributed by atoms with Crippen LogP contribution in [0.4, 0.5) is 10.5 Å². The molecule has 19 heavy (non-hydrogen) atoms. The Balaban J connectivity index is 2.79. The van der Waals surface area contributed by atoms with E-state index in [0.717, 1.165) is 0 Å². The number of benzene rings is 1. The molecule has 1 N–H and O–H groups in total. The summed E-state index contributed by atoms with van der Waals surface area (Å²) in [5.41, 5.74) is 0.0674. The Kier molecular flexibility index (Phi) is 5.03. The minimum Gasteiger partial charge on any atom is -0.493 e. The molecule has 1 aromatic rings. The second-order valence-electron chi connectivity index (χ2n) is 4.93. The van der Waals surface area contributed by atoms with E-state index in [-0.39, 0.29) is 0 Å². The van der Waals surface area contributed by atoms with Crippen LogP contribution in [0.15, 0.2) is 18.2 Å². The fourth-order valence-corrected chi connectivity index (χ4v) is 1.44. The number of nitrogens with one attached hydrogen (secondary N) is 1. The average Bonchev–Trinajstić information content (AvgIpc) is 2.27. The molecule has 106 valence electrons. The van der Waals surface area contributed by atoms with Gasteiger partial charge in [-0.05, 0) is 39.8 Å². The van der Waals surface area contributed by atoms with Gasteiger partial charge in [-0.15, -0.1) is 0 Å². The third-order valence-corrected chi connectivity index (χ3v) is 2.11. The van der Waals surface area contributed by atoms with Crippen LogP contribution in [0.25, 0.3) is 0 Å². The minimum absolute atomic E-state index is 0.500. The number of amides is 1. The van der Waals surface area contributed by atoms with Crippen molar-refractivity contribution in [2.75, 3.05) is 19.0 Å². The molecule has 0 bridgehead atoms. The standard InChI is InChI=1S/C14H21NO4/c1-6-18-12-9-10(7-8-11(12)17-5)15-13(16)19-14(2,3)4/h7-9H,6H2,1-5H3,(H,15,16). The van der Waals surface area contributed by atoms with Crippen LogP contribution in [0.2, 0.25) is 0 Å². The van der Waals surface area contributed by atoms with Crippen LogP contribution >= 0.6 is 0 Å². The van der Waals surface area contributed by atoms with Crippen molar-refractivity contribution in [1.82, 2.24) is 0 Å². The van der Waals surface area contributed by atoms with Crippen molar-refractivity contribution in [1.29, 1.82) is 0 Å². The molecule has 0 spiro atoms. The van der Waals surface area contributed by atoms with Crippen molar-refractivity contribution in [3.63, 3.8) is 0 Å². The van der Waals surface area contributed by atoms with Gasteiger partial charge in [0.05, 0.1) is 13.7 Å². The molecule has 1 aromatic carbocycles. The van der Waals surface area contributed by atoms with Gasteiger partial charge in [-0.1, -0.05) is 0 Å². The summed E-state index contributed by atoms with van der Waals surface area (Å²) in [6.07, 6.45) is -0.500. The van der Waals surface area contributed by atoms with Crippen LogP contribution in [0, 0.1) is 0 Å². The molecule has 0 heterocycles. The van der Waals surface area contributed by atoms with Gasteiger partial charge in [0.2, 0.25) is 0 Å². The Morgan fingerprint density at radius 2 is 1.95 bits per heavy atom. The summed E-state index contributed by atoms with van der Waals surface area (Å²) >= 11 is 0. The summed E-state index contributed by atoms with van der Waals surface area (Å²) in [7, 11) is 1.57. The van der Waals surface area contributed by atoms with E-state index in [9.17, 15) is 4.79 Å². The largest absolute Gasteiger partial charge is 0.493 e. The van der Waals surface area contributed by atoms with E-state index in [0.29, 0.717) is 23.8 Å². The molecule has 1 rings (SSSR count). The van der Waals surface area contributed by atoms with Gasteiger partial charge in [0.15, 0.2) is 11.5 Å². The number of hydrogen-bond donors (Lipinski definition) is 1. The molecule has 0 aliphatic rings. The van der Waals surface area contributed by atoms with Gasteiger partial charge in [0.1, 0.15) is 5.60 Å². The minimum atomic E-state index is -0.528. The van der Waals surface area contributed by atoms with Crippen LogP contribution in [-0.4, -0.2) is 25.4 Å². The smallest absolute Gasteiger partial charge is 0.412 e. The quantitative estimate of drug-likeness (QED) is 0.907. The first-order valence-corrected chi connectivity index (χ1v) is 6.16. The summed E-state index contributed by atoms with van der Waals surface area (Å²) in [5, 5.41) is 2.65. The van der Waals surface area contributed by atoms with Crippen molar-refractivity contribution in [2.45, 2.75) is 33.3 Å². The second-order valence-corrected chi connectivity index (χ2v) is 4.93. The molecule has 0 unspecified atom stereocenters. The average molecular weight is 267 g/mol. The van der Waals surface area contributed by atoms with Crippen molar-refractivity contribution in [2.24, 2.45) is 0 Å². The van der Waals surface area contributed by atoms with Crippen LogP contribution in [0.5, 0.6) is 11.5 Å². The molecule has 0 aromatic heterocycles. The molecular formula is C14H21NO4. The third kappa shape index (κ3) is 5.07.